The summed E-state index contributed by atoms with van der Waals surface area (Å²) >= 11 is 0. The van der Waals surface area contributed by atoms with Gasteiger partial charge in [-0.1, -0.05) is 6.07 Å². The summed E-state index contributed by atoms with van der Waals surface area (Å²) in [6.07, 6.45) is 3.98. The second-order valence-corrected chi connectivity index (χ2v) is 7.73. The maximum absolute atomic E-state index is 12.3. The van der Waals surface area contributed by atoms with Gasteiger partial charge in [0, 0.05) is 13.7 Å². The molecule has 1 aromatic rings. The highest BCUT2D eigenvalue weighted by molar-refractivity contribution is 7.89. The van der Waals surface area contributed by atoms with Gasteiger partial charge >= 0.3 is 5.97 Å². The Kier molecular flexibility index (Phi) is 7.55. The van der Waals surface area contributed by atoms with E-state index in [9.17, 15) is 18.0 Å². The van der Waals surface area contributed by atoms with E-state index in [-0.39, 0.29) is 4.90 Å². The molecule has 0 aromatic heterocycles. The third-order valence-electron chi connectivity index (χ3n) is 4.03. The Morgan fingerprint density at radius 3 is 2.62 bits per heavy atom. The van der Waals surface area contributed by atoms with Crippen LogP contribution in [0, 0.1) is 0 Å². The van der Waals surface area contributed by atoms with E-state index in [2.05, 4.69) is 10.0 Å². The molecule has 9 heteroatoms. The predicted molar refractivity (Wildman–Crippen MR) is 94.1 cm³/mol. The summed E-state index contributed by atoms with van der Waals surface area (Å²) in [5.74, 6) is -1.30. The number of amides is 1. The molecule has 0 bridgehead atoms. The van der Waals surface area contributed by atoms with Crippen LogP contribution in [0.4, 0.5) is 0 Å². The molecule has 8 nitrogen and oxygen atoms in total. The summed E-state index contributed by atoms with van der Waals surface area (Å²) in [5.41, 5.74) is 2.21. The lowest BCUT2D eigenvalue weighted by atomic mass is 9.92. The predicted octanol–water partition coefficient (Wildman–Crippen LogP) is 0.150. The zero-order chi connectivity index (χ0) is 19.0. The number of hydrogen-bond acceptors (Lipinski definition) is 6. The van der Waals surface area contributed by atoms with Gasteiger partial charge in [-0.25, -0.2) is 8.42 Å². The molecule has 0 radical (unpaired) electrons. The summed E-state index contributed by atoms with van der Waals surface area (Å²) in [5, 5.41) is 2.49. The Labute approximate surface area is 153 Å². The average Bonchev–Trinajstić information content (AvgIpc) is 2.64. The summed E-state index contributed by atoms with van der Waals surface area (Å²) in [6, 6.07) is 5.03. The van der Waals surface area contributed by atoms with Gasteiger partial charge in [0.1, 0.15) is 6.54 Å². The van der Waals surface area contributed by atoms with Crippen LogP contribution in [0.3, 0.4) is 0 Å². The van der Waals surface area contributed by atoms with Crippen LogP contribution in [0.1, 0.15) is 24.0 Å². The Hall–Kier alpha value is -1.97. The van der Waals surface area contributed by atoms with Crippen molar-refractivity contribution in [2.24, 2.45) is 0 Å². The maximum atomic E-state index is 12.3. The second kappa shape index (κ2) is 9.65. The van der Waals surface area contributed by atoms with E-state index >= 15 is 0 Å². The van der Waals surface area contributed by atoms with Gasteiger partial charge < -0.3 is 14.8 Å². The van der Waals surface area contributed by atoms with Crippen molar-refractivity contribution in [3.05, 3.63) is 29.3 Å². The van der Waals surface area contributed by atoms with Crippen molar-refractivity contribution >= 4 is 21.9 Å². The topological polar surface area (TPSA) is 111 Å². The maximum Gasteiger partial charge on any atom is 0.321 e. The van der Waals surface area contributed by atoms with E-state index in [4.69, 9.17) is 9.47 Å². The lowest BCUT2D eigenvalue weighted by Gasteiger charge is -2.16. The van der Waals surface area contributed by atoms with E-state index in [1.54, 1.807) is 12.1 Å². The fourth-order valence-electron chi connectivity index (χ4n) is 2.65. The van der Waals surface area contributed by atoms with E-state index in [1.165, 1.54) is 12.7 Å². The van der Waals surface area contributed by atoms with Crippen LogP contribution in [-0.2, 0) is 41.9 Å². The zero-order valence-electron chi connectivity index (χ0n) is 14.7. The third-order valence-corrected chi connectivity index (χ3v) is 5.43. The zero-order valence-corrected chi connectivity index (χ0v) is 15.6. The molecule has 0 heterocycles. The standard InChI is InChI=1S/C17H24N2O6S/c1-24-9-8-18-16(20)12-25-17(21)11-19-26(22,23)15-7-6-13-4-2-3-5-14(13)10-15/h6-7,10,19H,2-5,8-9,11-12H2,1H3,(H,18,20). The molecule has 1 aliphatic rings. The molecule has 2 N–H and O–H groups in total. The number of rotatable bonds is 9. The van der Waals surface area contributed by atoms with Crippen LogP contribution in [0.2, 0.25) is 0 Å². The monoisotopic (exact) mass is 384 g/mol. The second-order valence-electron chi connectivity index (χ2n) is 5.97. The first-order chi connectivity index (χ1) is 12.4. The highest BCUT2D eigenvalue weighted by Crippen LogP contribution is 2.23. The fourth-order valence-corrected chi connectivity index (χ4v) is 3.67. The van der Waals surface area contributed by atoms with E-state index in [0.29, 0.717) is 13.2 Å². The first kappa shape index (κ1) is 20.3. The molecule has 26 heavy (non-hydrogen) atoms. The summed E-state index contributed by atoms with van der Waals surface area (Å²) in [7, 11) is -2.31. The van der Waals surface area contributed by atoms with Gasteiger partial charge in [-0.15, -0.1) is 0 Å². The average molecular weight is 384 g/mol. The van der Waals surface area contributed by atoms with Crippen LogP contribution >= 0.6 is 0 Å². The smallest absolute Gasteiger partial charge is 0.321 e. The van der Waals surface area contributed by atoms with Crippen molar-refractivity contribution in [2.45, 2.75) is 30.6 Å². The molecule has 0 spiro atoms. The summed E-state index contributed by atoms with van der Waals surface area (Å²) in [6.45, 7) is -0.355. The quantitative estimate of drug-likeness (QED) is 0.463. The van der Waals surface area contributed by atoms with Crippen molar-refractivity contribution in [1.82, 2.24) is 10.0 Å². The van der Waals surface area contributed by atoms with Crippen molar-refractivity contribution in [3.8, 4) is 0 Å². The normalized spacial score (nSPS) is 13.7. The minimum atomic E-state index is -3.81. The Balaban J connectivity index is 1.82. The molecule has 0 saturated carbocycles. The number of hydrogen-bond donors (Lipinski definition) is 2. The lowest BCUT2D eigenvalue weighted by molar-refractivity contribution is -0.147. The molecule has 1 amide bonds. The minimum Gasteiger partial charge on any atom is -0.455 e. The number of fused-ring (bicyclic) bond motifs is 1. The largest absolute Gasteiger partial charge is 0.455 e. The van der Waals surface area contributed by atoms with Gasteiger partial charge in [0.15, 0.2) is 6.61 Å². The molecule has 1 aliphatic carbocycles. The molecule has 0 fully saturated rings. The summed E-state index contributed by atoms with van der Waals surface area (Å²) < 4.78 is 36.4. The SMILES string of the molecule is COCCNC(=O)COC(=O)CNS(=O)(=O)c1ccc2c(c1)CCCC2. The van der Waals surface area contributed by atoms with Gasteiger partial charge in [0.25, 0.3) is 5.91 Å². The first-order valence-electron chi connectivity index (χ1n) is 8.45. The van der Waals surface area contributed by atoms with Crippen LogP contribution in [0.5, 0.6) is 0 Å². The number of carbonyl (C=O) groups is 2. The summed E-state index contributed by atoms with van der Waals surface area (Å²) in [4.78, 5) is 23.2. The highest BCUT2D eigenvalue weighted by atomic mass is 32.2. The highest BCUT2D eigenvalue weighted by Gasteiger charge is 2.19. The number of aryl methyl sites for hydroxylation is 2. The number of sulfonamides is 1. The van der Waals surface area contributed by atoms with Gasteiger partial charge in [-0.2, -0.15) is 4.72 Å². The minimum absolute atomic E-state index is 0.128. The molecule has 2 rings (SSSR count). The van der Waals surface area contributed by atoms with Crippen LogP contribution in [0.15, 0.2) is 23.1 Å². The third kappa shape index (κ3) is 6.08. The molecule has 144 valence electrons. The molecule has 0 atom stereocenters. The number of carbonyl (C=O) groups excluding carboxylic acids is 2. The van der Waals surface area contributed by atoms with Crippen molar-refractivity contribution in [1.29, 1.82) is 0 Å². The Morgan fingerprint density at radius 1 is 1.15 bits per heavy atom. The van der Waals surface area contributed by atoms with E-state index < -0.39 is 35.1 Å². The Morgan fingerprint density at radius 2 is 1.88 bits per heavy atom. The number of benzene rings is 1. The van der Waals surface area contributed by atoms with Crippen LogP contribution < -0.4 is 10.0 Å². The molecule has 0 aliphatic heterocycles. The molecule has 1 aromatic carbocycles. The number of esters is 1. The van der Waals surface area contributed by atoms with Crippen molar-refractivity contribution in [3.63, 3.8) is 0 Å². The molecule has 0 unspecified atom stereocenters. The van der Waals surface area contributed by atoms with Gasteiger partial charge in [-0.3, -0.25) is 9.59 Å². The Bertz CT molecular complexity index is 748. The van der Waals surface area contributed by atoms with Crippen molar-refractivity contribution in [2.75, 3.05) is 33.4 Å². The number of nitrogens with one attached hydrogen (secondary N) is 2. The van der Waals surface area contributed by atoms with Crippen molar-refractivity contribution < 1.29 is 27.5 Å². The lowest BCUT2D eigenvalue weighted by Crippen LogP contribution is -2.35. The van der Waals surface area contributed by atoms with Gasteiger partial charge in [0.2, 0.25) is 10.0 Å². The molecular formula is C17H24N2O6S. The van der Waals surface area contributed by atoms with Gasteiger partial charge in [0.05, 0.1) is 11.5 Å². The van der Waals surface area contributed by atoms with Crippen LogP contribution in [0.25, 0.3) is 0 Å². The fraction of sp³-hybridized carbons (Fsp3) is 0.529. The molecule has 0 saturated heterocycles. The van der Waals surface area contributed by atoms with Gasteiger partial charge in [-0.05, 0) is 48.9 Å². The molecular weight excluding hydrogens is 360 g/mol. The number of ether oxygens (including phenoxy) is 2. The van der Waals surface area contributed by atoms with Crippen LogP contribution in [-0.4, -0.2) is 53.7 Å². The van der Waals surface area contributed by atoms with E-state index in [0.717, 1.165) is 31.2 Å². The number of methoxy groups -OCH3 is 1. The van der Waals surface area contributed by atoms with E-state index in [1.807, 2.05) is 6.07 Å². The first-order valence-corrected chi connectivity index (χ1v) is 9.93.